The molecule has 0 aliphatic rings. The van der Waals surface area contributed by atoms with Crippen LogP contribution in [0.3, 0.4) is 0 Å². The predicted molar refractivity (Wildman–Crippen MR) is 89.9 cm³/mol. The molecule has 0 radical (unpaired) electrons. The fourth-order valence-corrected chi connectivity index (χ4v) is 2.85. The molecule has 20 heavy (non-hydrogen) atoms. The Morgan fingerprint density at radius 2 is 1.85 bits per heavy atom. The Labute approximate surface area is 130 Å². The van der Waals surface area contributed by atoms with Gasteiger partial charge in [0, 0.05) is 10.5 Å². The summed E-state index contributed by atoms with van der Waals surface area (Å²) < 4.78 is 1.15. The summed E-state index contributed by atoms with van der Waals surface area (Å²) in [6, 6.07) is 19.7. The molecule has 0 bridgehead atoms. The fourth-order valence-electron chi connectivity index (χ4n) is 2.43. The highest BCUT2D eigenvalue weighted by Crippen LogP contribution is 2.20. The highest BCUT2D eigenvalue weighted by atomic mass is 79.9. The van der Waals surface area contributed by atoms with E-state index in [2.05, 4.69) is 82.8 Å². The second-order valence-corrected chi connectivity index (χ2v) is 5.97. The first-order valence-corrected chi connectivity index (χ1v) is 8.11. The highest BCUT2D eigenvalue weighted by Gasteiger charge is 2.08. The van der Waals surface area contributed by atoms with Crippen molar-refractivity contribution in [3.8, 4) is 0 Å². The number of hydrogen-bond donors (Lipinski definition) is 1. The molecule has 0 heterocycles. The molecule has 0 saturated heterocycles. The molecule has 106 valence electrons. The van der Waals surface area contributed by atoms with Gasteiger partial charge in [-0.1, -0.05) is 65.3 Å². The molecule has 0 saturated carbocycles. The summed E-state index contributed by atoms with van der Waals surface area (Å²) in [6.45, 7) is 3.29. The van der Waals surface area contributed by atoms with Crippen LogP contribution in [0.15, 0.2) is 59.1 Å². The lowest BCUT2D eigenvalue weighted by Crippen LogP contribution is -2.22. The van der Waals surface area contributed by atoms with Gasteiger partial charge in [0.15, 0.2) is 0 Å². The van der Waals surface area contributed by atoms with Crippen molar-refractivity contribution in [1.29, 1.82) is 0 Å². The van der Waals surface area contributed by atoms with E-state index < -0.39 is 0 Å². The van der Waals surface area contributed by atoms with E-state index in [4.69, 9.17) is 0 Å². The highest BCUT2D eigenvalue weighted by molar-refractivity contribution is 9.10. The Kier molecular flexibility index (Phi) is 6.28. The number of hydrogen-bond acceptors (Lipinski definition) is 1. The van der Waals surface area contributed by atoms with Gasteiger partial charge in [-0.05, 0) is 49.1 Å². The predicted octanol–water partition coefficient (Wildman–Crippen LogP) is 5.12. The summed E-state index contributed by atoms with van der Waals surface area (Å²) in [6.07, 6.45) is 3.43. The molecule has 0 fully saturated rings. The van der Waals surface area contributed by atoms with Crippen molar-refractivity contribution in [3.05, 3.63) is 70.2 Å². The van der Waals surface area contributed by atoms with Gasteiger partial charge in [0.05, 0.1) is 0 Å². The summed E-state index contributed by atoms with van der Waals surface area (Å²) >= 11 is 3.54. The van der Waals surface area contributed by atoms with Crippen LogP contribution < -0.4 is 5.32 Å². The molecule has 1 N–H and O–H groups in total. The quantitative estimate of drug-likeness (QED) is 0.694. The SMILES string of the molecule is CCC(NCCCc1ccccc1)c1cccc(Br)c1. The minimum Gasteiger partial charge on any atom is -0.310 e. The average molecular weight is 332 g/mol. The van der Waals surface area contributed by atoms with E-state index in [9.17, 15) is 0 Å². The lowest BCUT2D eigenvalue weighted by atomic mass is 10.0. The zero-order chi connectivity index (χ0) is 14.2. The minimum absolute atomic E-state index is 0.447. The van der Waals surface area contributed by atoms with Crippen LogP contribution >= 0.6 is 15.9 Å². The van der Waals surface area contributed by atoms with Crippen LogP contribution in [0.25, 0.3) is 0 Å². The van der Waals surface area contributed by atoms with Crippen molar-refractivity contribution in [2.24, 2.45) is 0 Å². The van der Waals surface area contributed by atoms with E-state index in [0.29, 0.717) is 6.04 Å². The topological polar surface area (TPSA) is 12.0 Å². The van der Waals surface area contributed by atoms with E-state index in [1.807, 2.05) is 0 Å². The standard InChI is InChI=1S/C18H22BrN/c1-2-18(16-11-6-12-17(19)14-16)20-13-7-10-15-8-4-3-5-9-15/h3-6,8-9,11-12,14,18,20H,2,7,10,13H2,1H3. The molecule has 1 atom stereocenters. The van der Waals surface area contributed by atoms with Crippen LogP contribution in [0.1, 0.15) is 36.9 Å². The number of benzene rings is 2. The maximum atomic E-state index is 3.66. The van der Waals surface area contributed by atoms with Crippen LogP contribution in [0.5, 0.6) is 0 Å². The van der Waals surface area contributed by atoms with Crippen molar-refractivity contribution >= 4 is 15.9 Å². The van der Waals surface area contributed by atoms with Crippen LogP contribution in [-0.4, -0.2) is 6.54 Å². The average Bonchev–Trinajstić information content (AvgIpc) is 2.48. The zero-order valence-electron chi connectivity index (χ0n) is 12.0. The molecular formula is C18H22BrN. The van der Waals surface area contributed by atoms with Gasteiger partial charge in [-0.25, -0.2) is 0 Å². The lowest BCUT2D eigenvalue weighted by Gasteiger charge is -2.17. The molecule has 2 rings (SSSR count). The molecule has 1 nitrogen and oxygen atoms in total. The number of rotatable bonds is 7. The van der Waals surface area contributed by atoms with Crippen molar-refractivity contribution in [2.45, 2.75) is 32.2 Å². The van der Waals surface area contributed by atoms with Gasteiger partial charge >= 0.3 is 0 Å². The van der Waals surface area contributed by atoms with Crippen LogP contribution in [-0.2, 0) is 6.42 Å². The van der Waals surface area contributed by atoms with Gasteiger partial charge < -0.3 is 5.32 Å². The second kappa shape index (κ2) is 8.23. The first kappa shape index (κ1) is 15.3. The summed E-state index contributed by atoms with van der Waals surface area (Å²) in [5, 5.41) is 3.66. The fraction of sp³-hybridized carbons (Fsp3) is 0.333. The van der Waals surface area contributed by atoms with Crippen molar-refractivity contribution in [1.82, 2.24) is 5.32 Å². The van der Waals surface area contributed by atoms with Crippen molar-refractivity contribution in [3.63, 3.8) is 0 Å². The number of nitrogens with one attached hydrogen (secondary N) is 1. The molecule has 0 amide bonds. The Morgan fingerprint density at radius 3 is 2.55 bits per heavy atom. The van der Waals surface area contributed by atoms with E-state index in [1.54, 1.807) is 0 Å². The zero-order valence-corrected chi connectivity index (χ0v) is 13.6. The molecule has 2 heteroatoms. The van der Waals surface area contributed by atoms with Crippen LogP contribution in [0, 0.1) is 0 Å². The molecule has 0 aliphatic heterocycles. The van der Waals surface area contributed by atoms with Gasteiger partial charge in [-0.15, -0.1) is 0 Å². The van der Waals surface area contributed by atoms with Crippen molar-refractivity contribution in [2.75, 3.05) is 6.54 Å². The van der Waals surface area contributed by atoms with Gasteiger partial charge in [-0.2, -0.15) is 0 Å². The normalized spacial score (nSPS) is 12.3. The Balaban J connectivity index is 1.80. The Bertz CT molecular complexity index is 510. The minimum atomic E-state index is 0.447. The van der Waals surface area contributed by atoms with Crippen molar-refractivity contribution < 1.29 is 0 Å². The van der Waals surface area contributed by atoms with Gasteiger partial charge in [0.25, 0.3) is 0 Å². The first-order valence-electron chi connectivity index (χ1n) is 7.32. The van der Waals surface area contributed by atoms with Gasteiger partial charge in [0.2, 0.25) is 0 Å². The maximum absolute atomic E-state index is 3.66. The smallest absolute Gasteiger partial charge is 0.0318 e. The Morgan fingerprint density at radius 1 is 1.05 bits per heavy atom. The third-order valence-electron chi connectivity index (χ3n) is 3.54. The van der Waals surface area contributed by atoms with Crippen LogP contribution in [0.4, 0.5) is 0 Å². The summed E-state index contributed by atoms with van der Waals surface area (Å²) in [5.41, 5.74) is 2.78. The Hall–Kier alpha value is -1.12. The molecule has 0 spiro atoms. The third-order valence-corrected chi connectivity index (χ3v) is 4.03. The second-order valence-electron chi connectivity index (χ2n) is 5.06. The maximum Gasteiger partial charge on any atom is 0.0318 e. The van der Waals surface area contributed by atoms with Gasteiger partial charge in [0.1, 0.15) is 0 Å². The molecule has 0 aliphatic carbocycles. The molecule has 0 aromatic heterocycles. The van der Waals surface area contributed by atoms with Crippen LogP contribution in [0.2, 0.25) is 0 Å². The molecule has 1 unspecified atom stereocenters. The third kappa shape index (κ3) is 4.77. The summed E-state index contributed by atoms with van der Waals surface area (Å²) in [7, 11) is 0. The van der Waals surface area contributed by atoms with E-state index in [-0.39, 0.29) is 0 Å². The molecule has 2 aromatic rings. The van der Waals surface area contributed by atoms with E-state index in [0.717, 1.165) is 23.9 Å². The van der Waals surface area contributed by atoms with E-state index >= 15 is 0 Å². The molecule has 2 aromatic carbocycles. The van der Waals surface area contributed by atoms with E-state index in [1.165, 1.54) is 17.5 Å². The largest absolute Gasteiger partial charge is 0.310 e. The van der Waals surface area contributed by atoms with Gasteiger partial charge in [-0.3, -0.25) is 0 Å². The number of aryl methyl sites for hydroxylation is 1. The molecular weight excluding hydrogens is 310 g/mol. The number of halogens is 1. The lowest BCUT2D eigenvalue weighted by molar-refractivity contribution is 0.510. The monoisotopic (exact) mass is 331 g/mol. The first-order chi connectivity index (χ1) is 9.79. The summed E-state index contributed by atoms with van der Waals surface area (Å²) in [5.74, 6) is 0. The summed E-state index contributed by atoms with van der Waals surface area (Å²) in [4.78, 5) is 0.